The minimum atomic E-state index is -0.291. The van der Waals surface area contributed by atoms with Crippen molar-refractivity contribution in [2.24, 2.45) is 0 Å². The van der Waals surface area contributed by atoms with Gasteiger partial charge in [-0.1, -0.05) is 36.4 Å². The lowest BCUT2D eigenvalue weighted by atomic mass is 10.3. The molecule has 0 aliphatic heterocycles. The summed E-state index contributed by atoms with van der Waals surface area (Å²) in [6.45, 7) is 3.25. The zero-order valence-corrected chi connectivity index (χ0v) is 13.7. The maximum atomic E-state index is 12.2. The fourth-order valence-corrected chi connectivity index (χ4v) is 2.13. The second-order valence-electron chi connectivity index (χ2n) is 5.12. The summed E-state index contributed by atoms with van der Waals surface area (Å²) in [6, 6.07) is 18.0. The first-order valence-corrected chi connectivity index (χ1v) is 7.90. The smallest absolute Gasteiger partial charge is 0.321 e. The van der Waals surface area contributed by atoms with Gasteiger partial charge in [0.05, 0.1) is 0 Å². The minimum Gasteiger partial charge on any atom is -0.336 e. The van der Waals surface area contributed by atoms with Crippen molar-refractivity contribution in [3.8, 4) is 0 Å². The average Bonchev–Trinajstić information content (AvgIpc) is 2.60. The molecule has 3 N–H and O–H groups in total. The molecule has 24 heavy (non-hydrogen) atoms. The van der Waals surface area contributed by atoms with E-state index in [9.17, 15) is 9.59 Å². The highest BCUT2D eigenvalue weighted by atomic mass is 16.2. The van der Waals surface area contributed by atoms with Crippen molar-refractivity contribution < 1.29 is 9.59 Å². The standard InChI is InChI=1S/C18H22N4O2/c1-2-22(18(24)21-16-11-7-4-8-12-16)14-13-19-17(23)20-15-9-5-3-6-10-15/h3-12H,2,13-14H2,1H3,(H,21,24)(H2,19,20,23). The van der Waals surface area contributed by atoms with Gasteiger partial charge in [0.1, 0.15) is 0 Å². The van der Waals surface area contributed by atoms with Gasteiger partial charge in [-0.25, -0.2) is 9.59 Å². The summed E-state index contributed by atoms with van der Waals surface area (Å²) in [5.74, 6) is 0. The fraction of sp³-hybridized carbons (Fsp3) is 0.222. The number of nitrogens with zero attached hydrogens (tertiary/aromatic N) is 1. The van der Waals surface area contributed by atoms with Crippen LogP contribution in [-0.4, -0.2) is 36.6 Å². The SMILES string of the molecule is CCN(CCNC(=O)Nc1ccccc1)C(=O)Nc1ccccc1. The number of anilines is 2. The molecule has 0 unspecified atom stereocenters. The van der Waals surface area contributed by atoms with E-state index < -0.39 is 0 Å². The van der Waals surface area contributed by atoms with Crippen LogP contribution in [0.3, 0.4) is 0 Å². The largest absolute Gasteiger partial charge is 0.336 e. The summed E-state index contributed by atoms with van der Waals surface area (Å²) >= 11 is 0. The second kappa shape index (κ2) is 9.19. The van der Waals surface area contributed by atoms with E-state index in [0.29, 0.717) is 19.6 Å². The molecule has 6 nitrogen and oxygen atoms in total. The zero-order valence-electron chi connectivity index (χ0n) is 13.7. The molecule has 0 aromatic heterocycles. The minimum absolute atomic E-state index is 0.186. The maximum Gasteiger partial charge on any atom is 0.321 e. The molecule has 6 heteroatoms. The lowest BCUT2D eigenvalue weighted by molar-refractivity contribution is 0.213. The highest BCUT2D eigenvalue weighted by Gasteiger charge is 2.11. The molecule has 0 aliphatic rings. The van der Waals surface area contributed by atoms with Crippen molar-refractivity contribution in [2.45, 2.75) is 6.92 Å². The quantitative estimate of drug-likeness (QED) is 0.761. The van der Waals surface area contributed by atoms with Crippen LogP contribution >= 0.6 is 0 Å². The molecule has 2 aromatic rings. The Morgan fingerprint density at radius 1 is 0.875 bits per heavy atom. The van der Waals surface area contributed by atoms with Crippen LogP contribution in [0, 0.1) is 0 Å². The van der Waals surface area contributed by atoms with Crippen molar-refractivity contribution >= 4 is 23.4 Å². The van der Waals surface area contributed by atoms with Gasteiger partial charge in [0, 0.05) is 31.0 Å². The Morgan fingerprint density at radius 3 is 1.96 bits per heavy atom. The molecular formula is C18H22N4O2. The Hall–Kier alpha value is -3.02. The molecule has 126 valence electrons. The fourth-order valence-electron chi connectivity index (χ4n) is 2.13. The van der Waals surface area contributed by atoms with E-state index in [1.807, 2.05) is 67.6 Å². The Bertz CT molecular complexity index is 647. The number of carbonyl (C=O) groups is 2. The van der Waals surface area contributed by atoms with Crippen molar-refractivity contribution in [3.63, 3.8) is 0 Å². The van der Waals surface area contributed by atoms with E-state index in [-0.39, 0.29) is 12.1 Å². The molecule has 0 bridgehead atoms. The van der Waals surface area contributed by atoms with E-state index in [4.69, 9.17) is 0 Å². The summed E-state index contributed by atoms with van der Waals surface area (Å²) in [5.41, 5.74) is 1.47. The molecule has 0 saturated heterocycles. The van der Waals surface area contributed by atoms with Gasteiger partial charge >= 0.3 is 12.1 Å². The lowest BCUT2D eigenvalue weighted by Gasteiger charge is -2.21. The van der Waals surface area contributed by atoms with Crippen molar-refractivity contribution in [2.75, 3.05) is 30.3 Å². The van der Waals surface area contributed by atoms with Gasteiger partial charge in [0.2, 0.25) is 0 Å². The molecule has 0 aliphatic carbocycles. The molecule has 0 fully saturated rings. The first-order chi connectivity index (χ1) is 11.7. The summed E-state index contributed by atoms with van der Waals surface area (Å²) in [4.78, 5) is 25.6. The predicted molar refractivity (Wildman–Crippen MR) is 96.2 cm³/mol. The van der Waals surface area contributed by atoms with Crippen molar-refractivity contribution in [3.05, 3.63) is 60.7 Å². The average molecular weight is 326 g/mol. The number of para-hydroxylation sites is 2. The third-order valence-electron chi connectivity index (χ3n) is 3.39. The van der Waals surface area contributed by atoms with Crippen LogP contribution in [0.2, 0.25) is 0 Å². The van der Waals surface area contributed by atoms with Crippen molar-refractivity contribution in [1.29, 1.82) is 0 Å². The summed E-state index contributed by atoms with van der Waals surface area (Å²) in [7, 11) is 0. The molecule has 2 rings (SSSR count). The highest BCUT2D eigenvalue weighted by Crippen LogP contribution is 2.06. The van der Waals surface area contributed by atoms with Gasteiger partial charge in [0.15, 0.2) is 0 Å². The van der Waals surface area contributed by atoms with E-state index >= 15 is 0 Å². The molecular weight excluding hydrogens is 304 g/mol. The molecule has 0 atom stereocenters. The number of rotatable bonds is 6. The monoisotopic (exact) mass is 326 g/mol. The maximum absolute atomic E-state index is 12.2. The number of hydrogen-bond donors (Lipinski definition) is 3. The van der Waals surface area contributed by atoms with Gasteiger partial charge in [-0.2, -0.15) is 0 Å². The van der Waals surface area contributed by atoms with Crippen LogP contribution in [0.25, 0.3) is 0 Å². The summed E-state index contributed by atoms with van der Waals surface area (Å²) < 4.78 is 0. The summed E-state index contributed by atoms with van der Waals surface area (Å²) in [6.07, 6.45) is 0. The highest BCUT2D eigenvalue weighted by molar-refractivity contribution is 5.90. The third-order valence-corrected chi connectivity index (χ3v) is 3.39. The Labute approximate surface area is 141 Å². The van der Waals surface area contributed by atoms with Crippen LogP contribution in [0.15, 0.2) is 60.7 Å². The van der Waals surface area contributed by atoms with Crippen LogP contribution in [-0.2, 0) is 0 Å². The topological polar surface area (TPSA) is 73.5 Å². The Morgan fingerprint density at radius 2 is 1.42 bits per heavy atom. The second-order valence-corrected chi connectivity index (χ2v) is 5.12. The molecule has 4 amide bonds. The summed E-state index contributed by atoms with van der Waals surface area (Å²) in [5, 5.41) is 8.31. The van der Waals surface area contributed by atoms with E-state index in [2.05, 4.69) is 16.0 Å². The number of carbonyl (C=O) groups excluding carboxylic acids is 2. The van der Waals surface area contributed by atoms with Crippen LogP contribution in [0.5, 0.6) is 0 Å². The van der Waals surface area contributed by atoms with Gasteiger partial charge in [-0.15, -0.1) is 0 Å². The molecule has 0 spiro atoms. The van der Waals surface area contributed by atoms with E-state index in [1.54, 1.807) is 4.90 Å². The third kappa shape index (κ3) is 5.64. The number of benzene rings is 2. The number of amides is 4. The Balaban J connectivity index is 1.74. The molecule has 2 aromatic carbocycles. The number of nitrogens with one attached hydrogen (secondary N) is 3. The zero-order chi connectivity index (χ0) is 17.2. The first kappa shape index (κ1) is 17.3. The molecule has 0 saturated carbocycles. The van der Waals surface area contributed by atoms with Gasteiger partial charge < -0.3 is 20.9 Å². The Kier molecular flexibility index (Phi) is 6.64. The van der Waals surface area contributed by atoms with E-state index in [0.717, 1.165) is 11.4 Å². The van der Waals surface area contributed by atoms with Crippen LogP contribution in [0.1, 0.15) is 6.92 Å². The first-order valence-electron chi connectivity index (χ1n) is 7.90. The normalized spacial score (nSPS) is 9.88. The number of urea groups is 2. The number of likely N-dealkylation sites (N-methyl/N-ethyl adjacent to an activating group) is 1. The van der Waals surface area contributed by atoms with Crippen LogP contribution < -0.4 is 16.0 Å². The van der Waals surface area contributed by atoms with Gasteiger partial charge in [0.25, 0.3) is 0 Å². The van der Waals surface area contributed by atoms with E-state index in [1.165, 1.54) is 0 Å². The van der Waals surface area contributed by atoms with Crippen molar-refractivity contribution in [1.82, 2.24) is 10.2 Å². The number of hydrogen-bond acceptors (Lipinski definition) is 2. The van der Waals surface area contributed by atoms with Gasteiger partial charge in [-0.3, -0.25) is 0 Å². The molecule has 0 heterocycles. The predicted octanol–water partition coefficient (Wildman–Crippen LogP) is 3.36. The molecule has 0 radical (unpaired) electrons. The lowest BCUT2D eigenvalue weighted by Crippen LogP contribution is -2.41. The van der Waals surface area contributed by atoms with Gasteiger partial charge in [-0.05, 0) is 31.2 Å². The van der Waals surface area contributed by atoms with Crippen LogP contribution in [0.4, 0.5) is 21.0 Å².